The lowest BCUT2D eigenvalue weighted by atomic mass is 10.1. The van der Waals surface area contributed by atoms with E-state index in [9.17, 15) is 9.59 Å². The van der Waals surface area contributed by atoms with Crippen LogP contribution in [0.1, 0.15) is 26.4 Å². The number of carbonyl (C=O) groups is 2. The number of benzene rings is 1. The van der Waals surface area contributed by atoms with E-state index in [0.717, 1.165) is 4.96 Å². The molecule has 112 valence electrons. The number of esters is 1. The van der Waals surface area contributed by atoms with E-state index >= 15 is 0 Å². The summed E-state index contributed by atoms with van der Waals surface area (Å²) >= 11 is 7.47. The largest absolute Gasteiger partial charge is 0.456 e. The fraction of sp³-hybridized carbons (Fsp3) is 0.0714. The molecule has 0 spiro atoms. The fourth-order valence-corrected chi connectivity index (χ4v) is 2.93. The molecule has 0 saturated carbocycles. The molecule has 0 atom stereocenters. The summed E-state index contributed by atoms with van der Waals surface area (Å²) in [6, 6.07) is 5.92. The molecule has 0 aliphatic rings. The molecule has 2 aromatic heterocycles. The van der Waals surface area contributed by atoms with Gasteiger partial charge in [0.05, 0.1) is 11.3 Å². The van der Waals surface area contributed by atoms with Gasteiger partial charge >= 0.3 is 5.97 Å². The van der Waals surface area contributed by atoms with Crippen molar-refractivity contribution in [1.29, 1.82) is 0 Å². The number of hydrogen-bond acceptors (Lipinski definition) is 5. The van der Waals surface area contributed by atoms with Crippen molar-refractivity contribution in [3.63, 3.8) is 0 Å². The van der Waals surface area contributed by atoms with Crippen molar-refractivity contribution in [2.75, 3.05) is 0 Å². The van der Waals surface area contributed by atoms with Gasteiger partial charge in [0.2, 0.25) is 5.91 Å². The Balaban J connectivity index is 1.73. The average molecular weight is 336 g/mol. The van der Waals surface area contributed by atoms with E-state index in [1.807, 2.05) is 11.6 Å². The third-order valence-corrected chi connectivity index (χ3v) is 4.12. The van der Waals surface area contributed by atoms with Crippen LogP contribution in [0.2, 0.25) is 5.15 Å². The minimum absolute atomic E-state index is 0.00708. The molecule has 3 aromatic rings. The van der Waals surface area contributed by atoms with E-state index in [1.54, 1.807) is 4.40 Å². The molecule has 0 bridgehead atoms. The fourth-order valence-electron chi connectivity index (χ4n) is 1.92. The number of ether oxygens (including phenoxy) is 1. The summed E-state index contributed by atoms with van der Waals surface area (Å²) in [5, 5.41) is 2.18. The molecule has 8 heteroatoms. The first-order valence-electron chi connectivity index (χ1n) is 6.23. The second kappa shape index (κ2) is 5.78. The Kier molecular flexibility index (Phi) is 3.82. The molecule has 0 aliphatic carbocycles. The van der Waals surface area contributed by atoms with Gasteiger partial charge in [-0.3, -0.25) is 9.20 Å². The van der Waals surface area contributed by atoms with E-state index in [1.165, 1.54) is 35.6 Å². The molecule has 2 N–H and O–H groups in total. The summed E-state index contributed by atoms with van der Waals surface area (Å²) in [6.45, 7) is 0.00708. The molecule has 0 fully saturated rings. The normalized spacial score (nSPS) is 10.8. The molecule has 6 nitrogen and oxygen atoms in total. The Morgan fingerprint density at radius 3 is 2.64 bits per heavy atom. The summed E-state index contributed by atoms with van der Waals surface area (Å²) in [4.78, 5) is 27.9. The number of hydrogen-bond donors (Lipinski definition) is 1. The summed E-state index contributed by atoms with van der Waals surface area (Å²) in [7, 11) is 0. The minimum Gasteiger partial charge on any atom is -0.456 e. The molecule has 0 aliphatic heterocycles. The number of imidazole rings is 1. The zero-order valence-electron chi connectivity index (χ0n) is 11.2. The predicted molar refractivity (Wildman–Crippen MR) is 82.2 cm³/mol. The number of amides is 1. The Hall–Kier alpha value is -2.38. The Morgan fingerprint density at radius 2 is 1.95 bits per heavy atom. The van der Waals surface area contributed by atoms with E-state index in [4.69, 9.17) is 22.1 Å². The minimum atomic E-state index is -0.550. The van der Waals surface area contributed by atoms with Crippen LogP contribution in [-0.4, -0.2) is 21.3 Å². The van der Waals surface area contributed by atoms with Gasteiger partial charge in [0.25, 0.3) is 0 Å². The molecule has 0 unspecified atom stereocenters. The number of carbonyl (C=O) groups excluding carboxylic acids is 2. The topological polar surface area (TPSA) is 86.7 Å². The second-order valence-corrected chi connectivity index (χ2v) is 5.65. The first-order chi connectivity index (χ1) is 10.6. The molecule has 2 heterocycles. The third kappa shape index (κ3) is 2.68. The quantitative estimate of drug-likeness (QED) is 0.742. The summed E-state index contributed by atoms with van der Waals surface area (Å²) < 4.78 is 7.01. The van der Waals surface area contributed by atoms with Gasteiger partial charge in [-0.05, 0) is 24.3 Å². The SMILES string of the molecule is NC(=O)c1ccc(C(=O)OCc2c(Cl)nc3sccn23)cc1. The average Bonchev–Trinajstić information content (AvgIpc) is 3.06. The van der Waals surface area contributed by atoms with E-state index < -0.39 is 11.9 Å². The van der Waals surface area contributed by atoms with Gasteiger partial charge in [-0.25, -0.2) is 9.78 Å². The molecule has 1 amide bonds. The molecule has 3 rings (SSSR count). The van der Waals surface area contributed by atoms with Gasteiger partial charge in [0, 0.05) is 17.1 Å². The van der Waals surface area contributed by atoms with Gasteiger partial charge in [-0.1, -0.05) is 11.6 Å². The molecule has 22 heavy (non-hydrogen) atoms. The standard InChI is InChI=1S/C14H10ClN3O3S/c15-11-10(18-5-6-22-14(18)17-11)7-21-13(20)9-3-1-8(2-4-9)12(16)19/h1-6H,7H2,(H2,16,19). The second-order valence-electron chi connectivity index (χ2n) is 4.42. The van der Waals surface area contributed by atoms with Crippen LogP contribution in [0.4, 0.5) is 0 Å². The number of halogens is 1. The lowest BCUT2D eigenvalue weighted by Crippen LogP contribution is -2.11. The number of aromatic nitrogens is 2. The number of rotatable bonds is 4. The zero-order valence-corrected chi connectivity index (χ0v) is 12.7. The first-order valence-corrected chi connectivity index (χ1v) is 7.49. The van der Waals surface area contributed by atoms with Crippen molar-refractivity contribution in [2.45, 2.75) is 6.61 Å². The highest BCUT2D eigenvalue weighted by molar-refractivity contribution is 7.15. The smallest absolute Gasteiger partial charge is 0.338 e. The lowest BCUT2D eigenvalue weighted by molar-refractivity contribution is 0.0467. The summed E-state index contributed by atoms with van der Waals surface area (Å²) in [5.74, 6) is -1.07. The summed E-state index contributed by atoms with van der Waals surface area (Å²) in [5.41, 5.74) is 6.41. The van der Waals surface area contributed by atoms with Crippen LogP contribution in [-0.2, 0) is 11.3 Å². The number of thiazole rings is 1. The maximum Gasteiger partial charge on any atom is 0.338 e. The van der Waals surface area contributed by atoms with Crippen LogP contribution in [0.25, 0.3) is 4.96 Å². The highest BCUT2D eigenvalue weighted by Crippen LogP contribution is 2.22. The van der Waals surface area contributed by atoms with E-state index in [2.05, 4.69) is 4.98 Å². The highest BCUT2D eigenvalue weighted by Gasteiger charge is 2.14. The van der Waals surface area contributed by atoms with Crippen LogP contribution in [0.15, 0.2) is 35.8 Å². The maximum absolute atomic E-state index is 12.0. The maximum atomic E-state index is 12.0. The van der Waals surface area contributed by atoms with Crippen LogP contribution in [0.5, 0.6) is 0 Å². The number of primary amides is 1. The van der Waals surface area contributed by atoms with E-state index in [0.29, 0.717) is 22.0 Å². The van der Waals surface area contributed by atoms with Crippen LogP contribution in [0, 0.1) is 0 Å². The number of nitrogens with zero attached hydrogens (tertiary/aromatic N) is 2. The van der Waals surface area contributed by atoms with Crippen LogP contribution >= 0.6 is 22.9 Å². The van der Waals surface area contributed by atoms with Crippen molar-refractivity contribution < 1.29 is 14.3 Å². The van der Waals surface area contributed by atoms with Gasteiger partial charge in [-0.15, -0.1) is 11.3 Å². The van der Waals surface area contributed by atoms with Gasteiger partial charge in [0.1, 0.15) is 6.61 Å². The highest BCUT2D eigenvalue weighted by atomic mass is 35.5. The van der Waals surface area contributed by atoms with Gasteiger partial charge < -0.3 is 10.5 Å². The van der Waals surface area contributed by atoms with Crippen LogP contribution in [0.3, 0.4) is 0 Å². The molecular weight excluding hydrogens is 326 g/mol. The molecule has 0 radical (unpaired) electrons. The predicted octanol–water partition coefficient (Wildman–Crippen LogP) is 2.51. The van der Waals surface area contributed by atoms with Crippen molar-refractivity contribution >= 4 is 39.8 Å². The molecular formula is C14H10ClN3O3S. The van der Waals surface area contributed by atoms with E-state index in [-0.39, 0.29) is 6.61 Å². The van der Waals surface area contributed by atoms with Gasteiger partial charge in [0.15, 0.2) is 10.1 Å². The molecule has 0 saturated heterocycles. The van der Waals surface area contributed by atoms with Crippen LogP contribution < -0.4 is 5.73 Å². The number of fused-ring (bicyclic) bond motifs is 1. The van der Waals surface area contributed by atoms with Crippen molar-refractivity contribution in [1.82, 2.24) is 9.38 Å². The monoisotopic (exact) mass is 335 g/mol. The third-order valence-electron chi connectivity index (χ3n) is 3.06. The summed E-state index contributed by atoms with van der Waals surface area (Å²) in [6.07, 6.45) is 1.81. The first kappa shape index (κ1) is 14.6. The Bertz CT molecular complexity index is 854. The van der Waals surface area contributed by atoms with Crippen molar-refractivity contribution in [3.8, 4) is 0 Å². The van der Waals surface area contributed by atoms with Crippen molar-refractivity contribution in [2.24, 2.45) is 5.73 Å². The lowest BCUT2D eigenvalue weighted by Gasteiger charge is -2.05. The van der Waals surface area contributed by atoms with Gasteiger partial charge in [-0.2, -0.15) is 0 Å². The van der Waals surface area contributed by atoms with Crippen molar-refractivity contribution in [3.05, 3.63) is 57.8 Å². The Labute approximate surface area is 134 Å². The molecule has 1 aromatic carbocycles. The zero-order chi connectivity index (χ0) is 15.7. The number of nitrogens with two attached hydrogens (primary N) is 1. The Morgan fingerprint density at radius 1 is 1.27 bits per heavy atom.